The molecule has 0 spiro atoms. The SMILES string of the molecule is CCNc1nc2cccc(C(=O)OCC)c2n1Cc1ccc(-c2ccccc2)c(C#N)c1. The maximum Gasteiger partial charge on any atom is 0.340 e. The second kappa shape index (κ2) is 9.36. The first-order valence-corrected chi connectivity index (χ1v) is 10.6. The van der Waals surface area contributed by atoms with Gasteiger partial charge >= 0.3 is 5.97 Å². The highest BCUT2D eigenvalue weighted by Gasteiger charge is 2.19. The van der Waals surface area contributed by atoms with Crippen molar-refractivity contribution in [3.05, 3.63) is 83.4 Å². The van der Waals surface area contributed by atoms with Crippen LogP contribution in [0.3, 0.4) is 0 Å². The lowest BCUT2D eigenvalue weighted by Crippen LogP contribution is -2.11. The summed E-state index contributed by atoms with van der Waals surface area (Å²) < 4.78 is 7.24. The molecule has 0 unspecified atom stereocenters. The number of hydrogen-bond acceptors (Lipinski definition) is 5. The third-order valence-corrected chi connectivity index (χ3v) is 5.23. The van der Waals surface area contributed by atoms with Crippen LogP contribution in [0.5, 0.6) is 0 Å². The highest BCUT2D eigenvalue weighted by Crippen LogP contribution is 2.28. The van der Waals surface area contributed by atoms with Crippen molar-refractivity contribution < 1.29 is 9.53 Å². The fourth-order valence-corrected chi connectivity index (χ4v) is 3.84. The van der Waals surface area contributed by atoms with E-state index < -0.39 is 0 Å². The predicted molar refractivity (Wildman–Crippen MR) is 126 cm³/mol. The lowest BCUT2D eigenvalue weighted by atomic mass is 9.98. The molecule has 4 rings (SSSR count). The van der Waals surface area contributed by atoms with Crippen molar-refractivity contribution in [2.45, 2.75) is 20.4 Å². The number of carbonyl (C=O) groups is 1. The Kier molecular flexibility index (Phi) is 6.18. The van der Waals surface area contributed by atoms with Crippen LogP contribution >= 0.6 is 0 Å². The van der Waals surface area contributed by atoms with E-state index in [9.17, 15) is 10.1 Å². The normalized spacial score (nSPS) is 10.7. The van der Waals surface area contributed by atoms with Crippen LogP contribution in [0.25, 0.3) is 22.2 Å². The molecule has 1 heterocycles. The summed E-state index contributed by atoms with van der Waals surface area (Å²) in [7, 11) is 0. The summed E-state index contributed by atoms with van der Waals surface area (Å²) >= 11 is 0. The van der Waals surface area contributed by atoms with Crippen LogP contribution in [-0.4, -0.2) is 28.7 Å². The molecule has 0 amide bonds. The Morgan fingerprint density at radius 3 is 2.62 bits per heavy atom. The molecule has 0 saturated carbocycles. The second-order valence-corrected chi connectivity index (χ2v) is 7.30. The largest absolute Gasteiger partial charge is 0.462 e. The first-order valence-electron chi connectivity index (χ1n) is 10.6. The smallest absolute Gasteiger partial charge is 0.340 e. The quantitative estimate of drug-likeness (QED) is 0.411. The minimum atomic E-state index is -0.376. The van der Waals surface area contributed by atoms with Crippen molar-refractivity contribution in [2.24, 2.45) is 0 Å². The monoisotopic (exact) mass is 424 g/mol. The van der Waals surface area contributed by atoms with Crippen molar-refractivity contribution >= 4 is 23.0 Å². The first-order chi connectivity index (χ1) is 15.7. The Labute approximate surface area is 187 Å². The average Bonchev–Trinajstić information content (AvgIpc) is 3.17. The Bertz CT molecular complexity index is 1300. The van der Waals surface area contributed by atoms with Crippen molar-refractivity contribution in [1.29, 1.82) is 5.26 Å². The van der Waals surface area contributed by atoms with E-state index in [1.165, 1.54) is 0 Å². The Balaban J connectivity index is 1.81. The van der Waals surface area contributed by atoms with Crippen LogP contribution in [0.4, 0.5) is 5.95 Å². The van der Waals surface area contributed by atoms with E-state index in [0.717, 1.165) is 16.7 Å². The summed E-state index contributed by atoms with van der Waals surface area (Å²) in [4.78, 5) is 17.3. The zero-order valence-electron chi connectivity index (χ0n) is 18.1. The molecule has 0 atom stereocenters. The topological polar surface area (TPSA) is 79.9 Å². The summed E-state index contributed by atoms with van der Waals surface area (Å²) in [5, 5.41) is 13.1. The van der Waals surface area contributed by atoms with Gasteiger partial charge in [0.1, 0.15) is 0 Å². The molecule has 0 fully saturated rings. The third kappa shape index (κ3) is 4.06. The van der Waals surface area contributed by atoms with Crippen LogP contribution in [0.15, 0.2) is 66.7 Å². The first kappa shape index (κ1) is 21.1. The molecule has 160 valence electrons. The number of anilines is 1. The molecular formula is C26H24N4O2. The molecular weight excluding hydrogens is 400 g/mol. The van der Waals surface area contributed by atoms with Gasteiger partial charge in [-0.05, 0) is 48.7 Å². The number of benzene rings is 3. The number of imidazole rings is 1. The average molecular weight is 425 g/mol. The number of esters is 1. The van der Waals surface area contributed by atoms with Crippen molar-refractivity contribution in [2.75, 3.05) is 18.5 Å². The number of rotatable bonds is 7. The van der Waals surface area contributed by atoms with Gasteiger partial charge in [-0.1, -0.05) is 48.5 Å². The number of ether oxygens (including phenoxy) is 1. The summed E-state index contributed by atoms with van der Waals surface area (Å²) in [6, 6.07) is 23.5. The van der Waals surface area contributed by atoms with Gasteiger partial charge < -0.3 is 14.6 Å². The Morgan fingerprint density at radius 2 is 1.91 bits per heavy atom. The molecule has 0 aliphatic rings. The zero-order chi connectivity index (χ0) is 22.5. The standard InChI is InChI=1S/C26H24N4O2/c1-3-28-26-29-23-12-8-11-22(25(31)32-4-2)24(23)30(26)17-18-13-14-21(20(15-18)16-27)19-9-6-5-7-10-19/h5-15H,3-4,17H2,1-2H3,(H,28,29). The van der Waals surface area contributed by atoms with Crippen molar-refractivity contribution in [1.82, 2.24) is 9.55 Å². The number of aromatic nitrogens is 2. The van der Waals surface area contributed by atoms with Crippen molar-refractivity contribution in [3.63, 3.8) is 0 Å². The van der Waals surface area contributed by atoms with Gasteiger partial charge in [-0.3, -0.25) is 0 Å². The number of para-hydroxylation sites is 1. The predicted octanol–water partition coefficient (Wildman–Crippen LogP) is 5.23. The van der Waals surface area contributed by atoms with E-state index in [4.69, 9.17) is 4.74 Å². The van der Waals surface area contributed by atoms with Crippen LogP contribution in [0.2, 0.25) is 0 Å². The molecule has 0 radical (unpaired) electrons. The summed E-state index contributed by atoms with van der Waals surface area (Å²) in [6.07, 6.45) is 0. The number of nitrogens with zero attached hydrogens (tertiary/aromatic N) is 3. The number of fused-ring (bicyclic) bond motifs is 1. The molecule has 6 heteroatoms. The van der Waals surface area contributed by atoms with Crippen LogP contribution in [-0.2, 0) is 11.3 Å². The highest BCUT2D eigenvalue weighted by atomic mass is 16.5. The van der Waals surface area contributed by atoms with Gasteiger partial charge in [-0.25, -0.2) is 9.78 Å². The van der Waals surface area contributed by atoms with E-state index in [0.29, 0.717) is 47.8 Å². The van der Waals surface area contributed by atoms with Gasteiger partial charge in [0.2, 0.25) is 5.95 Å². The third-order valence-electron chi connectivity index (χ3n) is 5.23. The fourth-order valence-electron chi connectivity index (χ4n) is 3.84. The number of hydrogen-bond donors (Lipinski definition) is 1. The molecule has 32 heavy (non-hydrogen) atoms. The van der Waals surface area contributed by atoms with Gasteiger partial charge in [-0.2, -0.15) is 5.26 Å². The van der Waals surface area contributed by atoms with Gasteiger partial charge in [0, 0.05) is 6.54 Å². The zero-order valence-corrected chi connectivity index (χ0v) is 18.1. The summed E-state index contributed by atoms with van der Waals surface area (Å²) in [5.41, 5.74) is 5.35. The molecule has 1 N–H and O–H groups in total. The van der Waals surface area contributed by atoms with E-state index in [-0.39, 0.29) is 5.97 Å². The maximum atomic E-state index is 12.6. The lowest BCUT2D eigenvalue weighted by molar-refractivity contribution is 0.0528. The van der Waals surface area contributed by atoms with E-state index >= 15 is 0 Å². The fraction of sp³-hybridized carbons (Fsp3) is 0.192. The van der Waals surface area contributed by atoms with Gasteiger partial charge in [0.05, 0.1) is 41.4 Å². The molecule has 4 aromatic rings. The molecule has 1 aromatic heterocycles. The second-order valence-electron chi connectivity index (χ2n) is 7.30. The van der Waals surface area contributed by atoms with Gasteiger partial charge in [0.25, 0.3) is 0 Å². The number of nitrogens with one attached hydrogen (secondary N) is 1. The minimum Gasteiger partial charge on any atom is -0.462 e. The number of carbonyl (C=O) groups excluding carboxylic acids is 1. The van der Waals surface area contributed by atoms with E-state index in [2.05, 4.69) is 16.4 Å². The molecule has 0 saturated heterocycles. The lowest BCUT2D eigenvalue weighted by Gasteiger charge is -2.13. The van der Waals surface area contributed by atoms with E-state index in [1.54, 1.807) is 13.0 Å². The molecule has 0 bridgehead atoms. The van der Waals surface area contributed by atoms with Crippen LogP contribution in [0.1, 0.15) is 35.3 Å². The molecule has 0 aliphatic heterocycles. The maximum absolute atomic E-state index is 12.6. The Hall–Kier alpha value is -4.11. The summed E-state index contributed by atoms with van der Waals surface area (Å²) in [5.74, 6) is 0.296. The molecule has 6 nitrogen and oxygen atoms in total. The highest BCUT2D eigenvalue weighted by molar-refractivity contribution is 6.03. The van der Waals surface area contributed by atoms with Crippen LogP contribution in [0, 0.1) is 11.3 Å². The summed E-state index contributed by atoms with van der Waals surface area (Å²) in [6.45, 7) is 5.23. The number of nitriles is 1. The minimum absolute atomic E-state index is 0.301. The Morgan fingerprint density at radius 1 is 1.09 bits per heavy atom. The molecule has 0 aliphatic carbocycles. The molecule has 3 aromatic carbocycles. The van der Waals surface area contributed by atoms with Gasteiger partial charge in [-0.15, -0.1) is 0 Å². The van der Waals surface area contributed by atoms with Crippen LogP contribution < -0.4 is 5.32 Å². The van der Waals surface area contributed by atoms with Crippen molar-refractivity contribution in [3.8, 4) is 17.2 Å². The van der Waals surface area contributed by atoms with Gasteiger partial charge in [0.15, 0.2) is 0 Å². The van der Waals surface area contributed by atoms with E-state index in [1.807, 2.05) is 72.2 Å².